The summed E-state index contributed by atoms with van der Waals surface area (Å²) < 4.78 is 34.6. The van der Waals surface area contributed by atoms with E-state index in [0.717, 1.165) is 75.1 Å². The molecule has 0 bridgehead atoms. The number of imide groups is 1. The van der Waals surface area contributed by atoms with Gasteiger partial charge in [0.1, 0.15) is 11.6 Å². The Morgan fingerprint density at radius 3 is 2.54 bits per heavy atom. The molecule has 1 aliphatic carbocycles. The predicted octanol–water partition coefficient (Wildman–Crippen LogP) is 4.64. The molecule has 8 rings (SSSR count). The van der Waals surface area contributed by atoms with Gasteiger partial charge in [-0.2, -0.15) is 10.2 Å². The Kier molecular flexibility index (Phi) is 10.2. The molecule has 1 saturated carbocycles. The number of para-hydroxylation sites is 1. The van der Waals surface area contributed by atoms with Crippen molar-refractivity contribution in [3.63, 3.8) is 0 Å². The van der Waals surface area contributed by atoms with Gasteiger partial charge in [0.15, 0.2) is 11.3 Å². The smallest absolute Gasteiger partial charge is 0.329 e. The van der Waals surface area contributed by atoms with Gasteiger partial charge in [0.2, 0.25) is 11.8 Å². The van der Waals surface area contributed by atoms with Gasteiger partial charge in [-0.3, -0.25) is 33.5 Å². The number of aromatic nitrogens is 7. The molecular weight excluding hydrogens is 724 g/mol. The fraction of sp³-hybridized carbons (Fsp3) is 0.513. The van der Waals surface area contributed by atoms with Crippen LogP contribution in [0.2, 0.25) is 0 Å². The molecule has 4 aromatic heterocycles. The number of hydrogen-bond acceptors (Lipinski definition) is 9. The Balaban J connectivity index is 0.869. The molecule has 0 radical (unpaired) electrons. The fourth-order valence-electron chi connectivity index (χ4n) is 9.01. The van der Waals surface area contributed by atoms with Crippen molar-refractivity contribution in [2.75, 3.05) is 36.9 Å². The molecule has 56 heavy (non-hydrogen) atoms. The summed E-state index contributed by atoms with van der Waals surface area (Å²) in [6, 6.07) is 7.26. The van der Waals surface area contributed by atoms with Crippen LogP contribution in [0.5, 0.6) is 0 Å². The summed E-state index contributed by atoms with van der Waals surface area (Å²) >= 11 is 0. The maximum Gasteiger partial charge on any atom is 0.329 e. The number of rotatable bonds is 10. The summed E-state index contributed by atoms with van der Waals surface area (Å²) in [5.41, 5.74) is 3.15. The minimum atomic E-state index is -2.85. The Bertz CT molecular complexity index is 2350. The monoisotopic (exact) mass is 771 g/mol. The van der Waals surface area contributed by atoms with Crippen molar-refractivity contribution in [2.45, 2.75) is 89.3 Å². The highest BCUT2D eigenvalue weighted by molar-refractivity contribution is 6.08. The van der Waals surface area contributed by atoms with E-state index in [4.69, 9.17) is 0 Å². The number of hydrogen-bond donors (Lipinski definition) is 2. The fourth-order valence-corrected chi connectivity index (χ4v) is 9.01. The minimum absolute atomic E-state index is 0.00506. The number of carbonyl (C=O) groups excluding carboxylic acids is 3. The van der Waals surface area contributed by atoms with Gasteiger partial charge in [-0.05, 0) is 82.5 Å². The molecule has 2 N–H and O–H groups in total. The Morgan fingerprint density at radius 1 is 1.05 bits per heavy atom. The van der Waals surface area contributed by atoms with Crippen molar-refractivity contribution in [2.24, 2.45) is 13.0 Å². The molecule has 2 saturated heterocycles. The van der Waals surface area contributed by atoms with Crippen LogP contribution in [-0.4, -0.2) is 88.9 Å². The van der Waals surface area contributed by atoms with E-state index in [1.165, 1.54) is 17.0 Å². The summed E-state index contributed by atoms with van der Waals surface area (Å²) in [4.78, 5) is 60.2. The first-order chi connectivity index (χ1) is 27.0. The van der Waals surface area contributed by atoms with Crippen LogP contribution in [0.3, 0.4) is 0 Å². The third-order valence-corrected chi connectivity index (χ3v) is 12.1. The topological polar surface area (TPSA) is 157 Å². The molecule has 296 valence electrons. The van der Waals surface area contributed by atoms with Gasteiger partial charge < -0.3 is 15.1 Å². The number of piperidine rings is 2. The summed E-state index contributed by atoms with van der Waals surface area (Å²) in [5, 5.41) is 13.6. The largest absolute Gasteiger partial charge is 0.370 e. The number of anilines is 2. The van der Waals surface area contributed by atoms with Gasteiger partial charge in [0.05, 0.1) is 34.6 Å². The van der Waals surface area contributed by atoms with Crippen LogP contribution in [0, 0.1) is 5.92 Å². The zero-order valence-corrected chi connectivity index (χ0v) is 31.8. The minimum Gasteiger partial charge on any atom is -0.370 e. The Hall–Kier alpha value is -5.45. The molecule has 3 fully saturated rings. The van der Waals surface area contributed by atoms with E-state index in [9.17, 15) is 28.0 Å². The van der Waals surface area contributed by atoms with E-state index >= 15 is 0 Å². The number of alkyl halides is 2. The standard InChI is InChI=1S/C39H47F2N11O4/c1-4-24-14-17-42-36-27(20-43-52(24)36)37(54)44-28-22-50(46-33(28)35(40)41)26-10-8-23(9-11-26)21-47(2)25-15-18-49(19-16-25)29-6-5-7-30-34(29)48(3)39(56)51(30)31-12-13-32(53)45-38(31)55/h5-7,14,17,20,22-23,25-26,31,35H,4,8-13,15-16,18-19,21H2,1-3H3,(H,44,54)(H,45,53,55). The number of carbonyl (C=O) groups is 3. The van der Waals surface area contributed by atoms with Crippen molar-refractivity contribution in [3.05, 3.63) is 70.3 Å². The van der Waals surface area contributed by atoms with E-state index in [0.29, 0.717) is 36.0 Å². The number of halogens is 2. The lowest BCUT2D eigenvalue weighted by atomic mass is 9.85. The van der Waals surface area contributed by atoms with Gasteiger partial charge in [-0.15, -0.1) is 0 Å². The summed E-state index contributed by atoms with van der Waals surface area (Å²) in [5.74, 6) is -0.862. The third kappa shape index (κ3) is 6.85. The summed E-state index contributed by atoms with van der Waals surface area (Å²) in [7, 11) is 3.91. The van der Waals surface area contributed by atoms with Gasteiger partial charge in [0.25, 0.3) is 12.3 Å². The second kappa shape index (κ2) is 15.2. The number of benzene rings is 1. The molecule has 6 heterocycles. The second-order valence-corrected chi connectivity index (χ2v) is 15.4. The first kappa shape index (κ1) is 37.5. The predicted molar refractivity (Wildman–Crippen MR) is 205 cm³/mol. The van der Waals surface area contributed by atoms with Gasteiger partial charge in [-0.25, -0.2) is 23.1 Å². The quantitative estimate of drug-likeness (QED) is 0.193. The number of imidazole rings is 1. The highest BCUT2D eigenvalue weighted by Gasteiger charge is 2.34. The van der Waals surface area contributed by atoms with Crippen molar-refractivity contribution in [1.29, 1.82) is 0 Å². The van der Waals surface area contributed by atoms with Gasteiger partial charge in [0, 0.05) is 57.2 Å². The Labute approximate surface area is 321 Å². The van der Waals surface area contributed by atoms with E-state index in [1.54, 1.807) is 27.0 Å². The van der Waals surface area contributed by atoms with Crippen LogP contribution in [0.25, 0.3) is 16.7 Å². The maximum absolute atomic E-state index is 14.2. The normalized spacial score (nSPS) is 21.1. The van der Waals surface area contributed by atoms with E-state index in [2.05, 4.69) is 42.7 Å². The molecule has 3 aliphatic rings. The first-order valence-electron chi connectivity index (χ1n) is 19.5. The van der Waals surface area contributed by atoms with Crippen LogP contribution >= 0.6 is 0 Å². The zero-order valence-electron chi connectivity index (χ0n) is 31.8. The van der Waals surface area contributed by atoms with Crippen LogP contribution in [0.4, 0.5) is 20.2 Å². The first-order valence-corrected chi connectivity index (χ1v) is 19.5. The molecule has 17 heteroatoms. The lowest BCUT2D eigenvalue weighted by Gasteiger charge is -2.40. The molecule has 3 amide bonds. The molecular formula is C39H47F2N11O4. The average molecular weight is 772 g/mol. The van der Waals surface area contributed by atoms with Crippen LogP contribution < -0.4 is 21.2 Å². The number of nitrogens with one attached hydrogen (secondary N) is 2. The molecule has 1 unspecified atom stereocenters. The van der Waals surface area contributed by atoms with Gasteiger partial charge in [-0.1, -0.05) is 13.0 Å². The molecule has 15 nitrogen and oxygen atoms in total. The van der Waals surface area contributed by atoms with Crippen molar-refractivity contribution < 1.29 is 23.2 Å². The molecule has 1 atom stereocenters. The third-order valence-electron chi connectivity index (χ3n) is 12.1. The molecule has 0 spiro atoms. The van der Waals surface area contributed by atoms with Crippen molar-refractivity contribution in [3.8, 4) is 0 Å². The average Bonchev–Trinajstić information content (AvgIpc) is 3.90. The summed E-state index contributed by atoms with van der Waals surface area (Å²) in [6.07, 6.45) is 8.25. The zero-order chi connectivity index (χ0) is 39.2. The van der Waals surface area contributed by atoms with Crippen LogP contribution in [-0.2, 0) is 23.1 Å². The highest BCUT2D eigenvalue weighted by Crippen LogP contribution is 2.37. The lowest BCUT2D eigenvalue weighted by Crippen LogP contribution is -2.45. The van der Waals surface area contributed by atoms with Crippen molar-refractivity contribution in [1.82, 2.24) is 43.7 Å². The molecule has 1 aromatic carbocycles. The molecule has 2 aliphatic heterocycles. The Morgan fingerprint density at radius 2 is 1.82 bits per heavy atom. The van der Waals surface area contributed by atoms with Crippen LogP contribution in [0.1, 0.15) is 98.5 Å². The lowest BCUT2D eigenvalue weighted by molar-refractivity contribution is -0.135. The van der Waals surface area contributed by atoms with E-state index < -0.39 is 30.0 Å². The molecule has 5 aromatic rings. The SMILES string of the molecule is CCc1ccnc2c(C(=O)Nc3cn(C4CCC(CN(C)C5CCN(c6cccc7c6n(C)c(=O)n7C6CCC(=O)NC6=O)CC5)CC4)nc3C(F)F)cnn12. The van der Waals surface area contributed by atoms with Crippen molar-refractivity contribution >= 4 is 45.8 Å². The highest BCUT2D eigenvalue weighted by atomic mass is 19.3. The van der Waals surface area contributed by atoms with E-state index in [1.807, 2.05) is 31.2 Å². The van der Waals surface area contributed by atoms with E-state index in [-0.39, 0.29) is 35.3 Å². The number of aryl methyl sites for hydroxylation is 2. The number of nitrogens with zero attached hydrogens (tertiary/aromatic N) is 9. The number of amides is 3. The van der Waals surface area contributed by atoms with Crippen LogP contribution in [0.15, 0.2) is 47.7 Å². The second-order valence-electron chi connectivity index (χ2n) is 15.4. The maximum atomic E-state index is 14.2. The number of fused-ring (bicyclic) bond motifs is 2. The summed E-state index contributed by atoms with van der Waals surface area (Å²) in [6.45, 7) is 4.54. The van der Waals surface area contributed by atoms with Gasteiger partial charge >= 0.3 is 5.69 Å².